The fourth-order valence-electron chi connectivity index (χ4n) is 14.7. The first-order valence-corrected chi connectivity index (χ1v) is 49.8. The van der Waals surface area contributed by atoms with Crippen LogP contribution in [0.5, 0.6) is 0 Å². The maximum absolute atomic E-state index is 12.1. The maximum Gasteiger partial charge on any atom is 1.00 e. The molecule has 0 bridgehead atoms. The Bertz CT molecular complexity index is 6400. The van der Waals surface area contributed by atoms with Crippen LogP contribution >= 0.6 is 59.4 Å². The average molecular weight is 2070 g/mol. The molecule has 135 heavy (non-hydrogen) atoms. The normalized spacial score (nSPS) is 10.3. The van der Waals surface area contributed by atoms with Crippen LogP contribution in [0.3, 0.4) is 0 Å². The van der Waals surface area contributed by atoms with E-state index in [4.69, 9.17) is 10.1 Å². The molecule has 0 spiro atoms. The number of fused-ring (bicyclic) bond motifs is 4. The van der Waals surface area contributed by atoms with Gasteiger partial charge < -0.3 is 31.6 Å². The van der Waals surface area contributed by atoms with Crippen molar-refractivity contribution in [2.75, 3.05) is 6.26 Å². The molecule has 0 aliphatic heterocycles. The van der Waals surface area contributed by atoms with E-state index >= 15 is 0 Å². The Morgan fingerprint density at radius 3 is 0.830 bits per heavy atom. The summed E-state index contributed by atoms with van der Waals surface area (Å²) in [5, 5.41) is 49.1. The van der Waals surface area contributed by atoms with E-state index in [0.29, 0.717) is 31.7 Å². The summed E-state index contributed by atoms with van der Waals surface area (Å²) in [6.45, 7) is 1.83. The Morgan fingerprint density at radius 2 is 0.570 bits per heavy atom. The minimum Gasteiger partial charge on any atom is -1.00 e. The number of carbonyl (C=O) groups excluding carboxylic acids is 1. The van der Waals surface area contributed by atoms with E-state index in [2.05, 4.69) is 429 Å². The molecule has 0 unspecified atom stereocenters. The molecule has 0 amide bonds. The molecule has 0 fully saturated rings. The van der Waals surface area contributed by atoms with Crippen molar-refractivity contribution >= 4 is 185 Å². The SMILES string of the molecule is CCc1cc2ccccc2cc1B(O)O.CSc1cc2ccccc2cc1-c1cccc2c(=O)[nH]c(=O)[nH]c12.O=CO[O-].O=c1[nH]c(=O)c2cccc(Br)c2[nH]1.[H-].[K+].[K+].[Pd].c1ccc(P(c2ccccc2)c2ccccc2)cc1.c1ccc(P(c2ccccc2)c2ccccc2)cc1.c1ccc(P(c2ccccc2)c2ccccc2)cc1.c1ccc(P(c2ccccc2)c2ccccc2)cc1. The summed E-state index contributed by atoms with van der Waals surface area (Å²) in [7, 11) is -3.17. The number of aromatic nitrogens is 4. The second-order valence-electron chi connectivity index (χ2n) is 29.3. The Kier molecular flexibility index (Phi) is 45.7. The predicted octanol–water partition coefficient (Wildman–Crippen LogP) is 12.2. The van der Waals surface area contributed by atoms with Gasteiger partial charge in [-0.1, -0.05) is 450 Å². The quantitative estimate of drug-likeness (QED) is 0.0126. The number of aryl methyl sites for hydroxylation is 1. The summed E-state index contributed by atoms with van der Waals surface area (Å²) < 4.78 is 0.702. The Hall–Kier alpha value is -9.74. The number of benzene rings is 18. The molecule has 20 aromatic rings. The van der Waals surface area contributed by atoms with Gasteiger partial charge in [0.25, 0.3) is 17.6 Å². The molecule has 2 heterocycles. The molecule has 0 atom stereocenters. The van der Waals surface area contributed by atoms with Gasteiger partial charge in [-0.25, -0.2) is 9.59 Å². The summed E-state index contributed by atoms with van der Waals surface area (Å²) in [6, 6.07) is 164. The van der Waals surface area contributed by atoms with Crippen molar-refractivity contribution < 1.29 is 150 Å². The van der Waals surface area contributed by atoms with Crippen LogP contribution in [0.25, 0.3) is 54.5 Å². The Balaban J connectivity index is 0.000000177. The van der Waals surface area contributed by atoms with E-state index < -0.39 is 50.2 Å². The van der Waals surface area contributed by atoms with Gasteiger partial charge in [0.05, 0.1) is 21.8 Å². The van der Waals surface area contributed by atoms with Gasteiger partial charge in [0.1, 0.15) is 0 Å². The molecule has 18 aromatic carbocycles. The van der Waals surface area contributed by atoms with Gasteiger partial charge in [-0.2, -0.15) is 0 Å². The summed E-state index contributed by atoms with van der Waals surface area (Å²) in [4.78, 5) is 68.1. The largest absolute Gasteiger partial charge is 1.00 e. The molecule has 0 saturated heterocycles. The molecule has 23 heteroatoms. The Morgan fingerprint density at radius 1 is 0.333 bits per heavy atom. The minimum atomic E-state index is -1.38. The number of nitrogens with one attached hydrogen (secondary N) is 4. The van der Waals surface area contributed by atoms with Crippen molar-refractivity contribution in [3.05, 3.63) is 525 Å². The zero-order valence-electron chi connectivity index (χ0n) is 75.5. The molecular weight excluding hydrogens is 1980 g/mol. The fraction of sp³-hybridized carbons (Fsp3) is 0.0268. The van der Waals surface area contributed by atoms with Gasteiger partial charge in [-0.15, -0.1) is 11.8 Å². The molecule has 0 saturated carbocycles. The second-order valence-corrected chi connectivity index (χ2v) is 39.9. The number of aromatic amines is 4. The first-order valence-electron chi connectivity index (χ1n) is 42.4. The van der Waals surface area contributed by atoms with Gasteiger partial charge in [-0.3, -0.25) is 24.4 Å². The van der Waals surface area contributed by atoms with Crippen LogP contribution in [0.2, 0.25) is 0 Å². The van der Waals surface area contributed by atoms with E-state index in [1.54, 1.807) is 36.0 Å². The van der Waals surface area contributed by atoms with Crippen molar-refractivity contribution in [1.29, 1.82) is 0 Å². The van der Waals surface area contributed by atoms with Crippen molar-refractivity contribution in [3.63, 3.8) is 0 Å². The van der Waals surface area contributed by atoms with Crippen LogP contribution in [0, 0.1) is 0 Å². The molecule has 0 radical (unpaired) electrons. The zero-order valence-corrected chi connectivity index (χ0v) is 88.3. The third kappa shape index (κ3) is 30.9. The van der Waals surface area contributed by atoms with Crippen molar-refractivity contribution in [1.82, 2.24) is 19.9 Å². The maximum atomic E-state index is 12.1. The summed E-state index contributed by atoms with van der Waals surface area (Å²) >= 11 is 4.89. The number of rotatable bonds is 17. The molecule has 6 N–H and O–H groups in total. The first kappa shape index (κ1) is 107. The molecule has 664 valence electrons. The van der Waals surface area contributed by atoms with Crippen LogP contribution in [-0.4, -0.2) is 49.8 Å². The molecule has 20 rings (SSSR count). The van der Waals surface area contributed by atoms with Gasteiger partial charge in [0.2, 0.25) is 0 Å². The smallest absolute Gasteiger partial charge is 1.00 e. The number of hydrogen-bond acceptors (Lipinski definition) is 10. The van der Waals surface area contributed by atoms with Crippen molar-refractivity contribution in [2.24, 2.45) is 0 Å². The number of halogens is 1. The molecule has 0 aliphatic carbocycles. The van der Waals surface area contributed by atoms with Gasteiger partial charge in [0.15, 0.2) is 0 Å². The van der Waals surface area contributed by atoms with E-state index in [0.717, 1.165) is 49.6 Å². The molecule has 2 aromatic heterocycles. The third-order valence-corrected chi connectivity index (χ3v) is 31.9. The number of hydrogen-bond donors (Lipinski definition) is 6. The number of para-hydroxylation sites is 2. The first-order chi connectivity index (χ1) is 64.8. The number of carbonyl (C=O) groups is 1. The summed E-state index contributed by atoms with van der Waals surface area (Å²) in [6.07, 6.45) is 2.83. The minimum absolute atomic E-state index is 0. The van der Waals surface area contributed by atoms with Crippen LogP contribution < -0.4 is 200 Å². The van der Waals surface area contributed by atoms with Crippen LogP contribution in [0.4, 0.5) is 0 Å². The topological polar surface area (TPSA) is 221 Å². The van der Waals surface area contributed by atoms with E-state index in [9.17, 15) is 29.2 Å². The van der Waals surface area contributed by atoms with Crippen molar-refractivity contribution in [3.8, 4) is 11.1 Å². The van der Waals surface area contributed by atoms with Gasteiger partial charge in [-0.05, 0) is 192 Å². The van der Waals surface area contributed by atoms with E-state index in [1.165, 1.54) is 63.7 Å². The second kappa shape index (κ2) is 57.5. The van der Waals surface area contributed by atoms with Crippen LogP contribution in [0.1, 0.15) is 13.9 Å². The summed E-state index contributed by atoms with van der Waals surface area (Å²) in [5.74, 6) is 0. The predicted molar refractivity (Wildman–Crippen MR) is 565 cm³/mol. The standard InChI is InChI=1S/C19H14N2O2S.4C18H15P.C12H13BO2.C8H5BrN2O2.CH2O3.2K.Pd.H/c1-24-16-10-12-6-3-2-5-11(12)9-15(16)13-7-4-8-14-17(13)20-19(23)21-18(14)22;4*1-4-10-16(11-5-1)19(17-12-6-2-7-13-17)18-14-8-3-9-15-18;1-2-9-7-10-5-3-4-6-11(10)8-12(9)13(14)15;9-5-3-1-2-4-6(5)10-8(13)11-7(4)12;2-1-4-3;;;;/h2-10H,1H3,(H2,20,21,22,23);4*1-15H;3-8,14-15H,2H2,1H3;1-3H,(H2,10,11,12,13);1,3H;;;;/q;;;;;;;;2*+1;;-1/p-1. The summed E-state index contributed by atoms with van der Waals surface area (Å²) in [5.41, 5.74) is 2.81. The van der Waals surface area contributed by atoms with E-state index in [1.807, 2.05) is 73.8 Å². The zero-order chi connectivity index (χ0) is 92.0. The molecule has 13 nitrogen and oxygen atoms in total. The number of thioether (sulfide) groups is 1. The fourth-order valence-corrected chi connectivity index (χ4v) is 25.1. The van der Waals surface area contributed by atoms with Crippen LogP contribution in [0.15, 0.2) is 502 Å². The van der Waals surface area contributed by atoms with Crippen molar-refractivity contribution in [2.45, 2.75) is 18.2 Å². The van der Waals surface area contributed by atoms with Gasteiger partial charge in [0, 0.05) is 35.4 Å². The van der Waals surface area contributed by atoms with Gasteiger partial charge >= 0.3 is 121 Å². The molecular formula is C112H94BBrK2N4O9P4PdS. The molecule has 0 aliphatic rings. The Labute approximate surface area is 904 Å². The number of H-pyrrole nitrogens is 4. The monoisotopic (exact) mass is 2070 g/mol. The van der Waals surface area contributed by atoms with E-state index in [-0.39, 0.29) is 142 Å². The third-order valence-electron chi connectivity index (χ3n) is 20.7. The average Bonchev–Trinajstić information content (AvgIpc) is 0.759. The van der Waals surface area contributed by atoms with Crippen LogP contribution in [-0.2, 0) is 36.5 Å².